The van der Waals surface area contributed by atoms with Gasteiger partial charge in [0.15, 0.2) is 11.5 Å². The van der Waals surface area contributed by atoms with E-state index in [1.54, 1.807) is 19.2 Å². The number of rotatable bonds is 6. The number of alkyl halides is 5. The number of hydrogen-bond donors (Lipinski definition) is 2. The van der Waals surface area contributed by atoms with Crippen molar-refractivity contribution in [3.63, 3.8) is 0 Å². The van der Waals surface area contributed by atoms with Crippen molar-refractivity contribution in [2.75, 3.05) is 0 Å². The lowest BCUT2D eigenvalue weighted by molar-refractivity contribution is -0.155. The zero-order valence-corrected chi connectivity index (χ0v) is 27.8. The van der Waals surface area contributed by atoms with E-state index in [9.17, 15) is 36.6 Å². The molecule has 4 aromatic rings. The second-order valence-corrected chi connectivity index (χ2v) is 14.7. The molecule has 2 aromatic heterocycles. The van der Waals surface area contributed by atoms with Crippen LogP contribution in [0.3, 0.4) is 0 Å². The smallest absolute Gasteiger partial charge is 0.434 e. The van der Waals surface area contributed by atoms with Gasteiger partial charge >= 0.3 is 12.1 Å². The standard InChI is InChI=1S/C38H39F5N4O3/c1-21-14-23-16-22(2)37(35(49)50,26(15-21)17-23)46-34(48)29-19-44-33(45-32(29)38(41,42)43)30-20-47(27-10-12-36(39,40)13-11-27)31-18-25(8-9-28(30)31)24-6-4-3-5-7-24/h3-9,18-23,26-27H,10-17H2,1-2H3,(H,46,48)(H,49,50). The third-order valence-electron chi connectivity index (χ3n) is 11.4. The third kappa shape index (κ3) is 6.04. The van der Waals surface area contributed by atoms with Crippen LogP contribution in [0, 0.1) is 23.7 Å². The molecule has 3 fully saturated rings. The number of nitrogens with zero attached hydrogens (tertiary/aromatic N) is 3. The molecule has 2 heterocycles. The van der Waals surface area contributed by atoms with E-state index in [1.165, 1.54) is 0 Å². The predicted octanol–water partition coefficient (Wildman–Crippen LogP) is 9.18. The summed E-state index contributed by atoms with van der Waals surface area (Å²) in [7, 11) is 0. The van der Waals surface area contributed by atoms with Crippen molar-refractivity contribution in [2.24, 2.45) is 23.7 Å². The fraction of sp³-hybridized carbons (Fsp3) is 0.474. The highest BCUT2D eigenvalue weighted by molar-refractivity contribution is 6.00. The lowest BCUT2D eigenvalue weighted by atomic mass is 9.56. The first-order chi connectivity index (χ1) is 23.7. The number of benzene rings is 2. The molecule has 2 aromatic carbocycles. The number of halogens is 5. The van der Waals surface area contributed by atoms with Crippen molar-refractivity contribution in [2.45, 2.75) is 88.9 Å². The van der Waals surface area contributed by atoms with Gasteiger partial charge in [0.1, 0.15) is 5.54 Å². The van der Waals surface area contributed by atoms with Crippen LogP contribution in [0.4, 0.5) is 22.0 Å². The van der Waals surface area contributed by atoms with Gasteiger partial charge in [-0.1, -0.05) is 56.3 Å². The first kappa shape index (κ1) is 34.1. The molecule has 12 heteroatoms. The predicted molar refractivity (Wildman–Crippen MR) is 177 cm³/mol. The van der Waals surface area contributed by atoms with E-state index in [0.29, 0.717) is 36.1 Å². The Bertz CT molecular complexity index is 1930. The molecule has 5 unspecified atom stereocenters. The minimum Gasteiger partial charge on any atom is -0.479 e. The van der Waals surface area contributed by atoms with Gasteiger partial charge in [0.2, 0.25) is 5.92 Å². The Morgan fingerprint density at radius 1 is 0.960 bits per heavy atom. The molecule has 50 heavy (non-hydrogen) atoms. The van der Waals surface area contributed by atoms with Gasteiger partial charge < -0.3 is 15.0 Å². The second-order valence-electron chi connectivity index (χ2n) is 14.7. The van der Waals surface area contributed by atoms with Crippen molar-refractivity contribution in [3.05, 3.63) is 72.2 Å². The summed E-state index contributed by atoms with van der Waals surface area (Å²) in [6.07, 6.45) is -0.253. The number of carboxylic acid groups (broad SMARTS) is 1. The minimum absolute atomic E-state index is 0.184. The maximum atomic E-state index is 14.7. The summed E-state index contributed by atoms with van der Waals surface area (Å²) >= 11 is 0. The summed E-state index contributed by atoms with van der Waals surface area (Å²) in [4.78, 5) is 34.8. The second kappa shape index (κ2) is 12.5. The Morgan fingerprint density at radius 2 is 1.68 bits per heavy atom. The topological polar surface area (TPSA) is 97.1 Å². The largest absolute Gasteiger partial charge is 0.479 e. The van der Waals surface area contributed by atoms with E-state index < -0.39 is 52.6 Å². The van der Waals surface area contributed by atoms with Crippen LogP contribution in [0.2, 0.25) is 0 Å². The van der Waals surface area contributed by atoms with Gasteiger partial charge in [-0.2, -0.15) is 13.2 Å². The number of carbonyl (C=O) groups excluding carboxylic acids is 1. The van der Waals surface area contributed by atoms with Crippen LogP contribution in [-0.4, -0.2) is 43.0 Å². The van der Waals surface area contributed by atoms with Gasteiger partial charge in [-0.25, -0.2) is 23.5 Å². The molecule has 1 amide bonds. The molecule has 7 nitrogen and oxygen atoms in total. The van der Waals surface area contributed by atoms with Crippen molar-refractivity contribution in [1.82, 2.24) is 19.9 Å². The maximum Gasteiger partial charge on any atom is 0.434 e. The molecule has 3 aliphatic rings. The average molecular weight is 695 g/mol. The molecule has 3 saturated carbocycles. The number of carbonyl (C=O) groups is 2. The molecule has 0 aliphatic heterocycles. The first-order valence-electron chi connectivity index (χ1n) is 17.2. The average Bonchev–Trinajstić information content (AvgIpc) is 3.44. The molecule has 264 valence electrons. The Labute approximate surface area is 286 Å². The third-order valence-corrected chi connectivity index (χ3v) is 11.4. The van der Waals surface area contributed by atoms with Crippen LogP contribution in [0.25, 0.3) is 33.4 Å². The van der Waals surface area contributed by atoms with Crippen molar-refractivity contribution in [1.29, 1.82) is 0 Å². The fourth-order valence-corrected chi connectivity index (χ4v) is 9.06. The van der Waals surface area contributed by atoms with Gasteiger partial charge in [-0.15, -0.1) is 0 Å². The number of hydrogen-bond acceptors (Lipinski definition) is 4. The number of carboxylic acids is 1. The zero-order valence-electron chi connectivity index (χ0n) is 27.8. The van der Waals surface area contributed by atoms with Gasteiger partial charge in [0, 0.05) is 47.7 Å². The normalized spacial score (nSPS) is 26.9. The maximum absolute atomic E-state index is 14.7. The van der Waals surface area contributed by atoms with Gasteiger partial charge in [-0.3, -0.25) is 4.79 Å². The van der Waals surface area contributed by atoms with E-state index in [-0.39, 0.29) is 49.0 Å². The molecular formula is C38H39F5N4O3. The first-order valence-corrected chi connectivity index (χ1v) is 17.2. The van der Waals surface area contributed by atoms with E-state index in [4.69, 9.17) is 0 Å². The fourth-order valence-electron chi connectivity index (χ4n) is 9.06. The van der Waals surface area contributed by atoms with Crippen LogP contribution < -0.4 is 5.32 Å². The molecular weight excluding hydrogens is 655 g/mol. The Kier molecular flexibility index (Phi) is 8.50. The molecule has 3 aliphatic carbocycles. The molecule has 2 N–H and O–H groups in total. The lowest BCUT2D eigenvalue weighted by Crippen LogP contribution is -2.66. The number of fused-ring (bicyclic) bond motifs is 3. The van der Waals surface area contributed by atoms with Crippen LogP contribution >= 0.6 is 0 Å². The van der Waals surface area contributed by atoms with Crippen LogP contribution in [0.5, 0.6) is 0 Å². The Hall–Kier alpha value is -4.35. The monoisotopic (exact) mass is 694 g/mol. The molecule has 7 rings (SSSR count). The van der Waals surface area contributed by atoms with Crippen molar-refractivity contribution >= 4 is 22.8 Å². The SMILES string of the molecule is CC1CC2CC(C)C(NC(=O)c3cnc(-c4cn(C5CCC(F)(F)CC5)c5cc(-c6ccccc6)ccc45)nc3C(F)(F)F)(C(=O)O)C(C1)C2. The van der Waals surface area contributed by atoms with Crippen molar-refractivity contribution in [3.8, 4) is 22.5 Å². The number of amides is 1. The zero-order chi connectivity index (χ0) is 35.6. The minimum atomic E-state index is -5.07. The number of aliphatic carboxylic acids is 1. The molecule has 0 radical (unpaired) electrons. The number of aromatic nitrogens is 3. The van der Waals surface area contributed by atoms with Crippen LogP contribution in [-0.2, 0) is 11.0 Å². The van der Waals surface area contributed by atoms with Crippen LogP contribution in [0.1, 0.15) is 87.3 Å². The number of nitrogens with one attached hydrogen (secondary N) is 1. The highest BCUT2D eigenvalue weighted by Gasteiger charge is 2.57. The van der Waals surface area contributed by atoms with E-state index in [2.05, 4.69) is 15.3 Å². The van der Waals surface area contributed by atoms with E-state index in [1.807, 2.05) is 54.0 Å². The molecule has 2 bridgehead atoms. The Morgan fingerprint density at radius 3 is 2.36 bits per heavy atom. The summed E-state index contributed by atoms with van der Waals surface area (Å²) in [6.45, 7) is 3.77. The summed E-state index contributed by atoms with van der Waals surface area (Å²) < 4.78 is 74.3. The molecule has 0 saturated heterocycles. The summed E-state index contributed by atoms with van der Waals surface area (Å²) in [5.74, 6) is -5.90. The molecule has 0 spiro atoms. The highest BCUT2D eigenvalue weighted by atomic mass is 19.4. The van der Waals surface area contributed by atoms with Crippen LogP contribution in [0.15, 0.2) is 60.9 Å². The lowest BCUT2D eigenvalue weighted by Gasteiger charge is -2.52. The van der Waals surface area contributed by atoms with Gasteiger partial charge in [0.05, 0.1) is 5.56 Å². The van der Waals surface area contributed by atoms with Gasteiger partial charge in [-0.05, 0) is 79.4 Å². The summed E-state index contributed by atoms with van der Waals surface area (Å²) in [5, 5.41) is 13.6. The van der Waals surface area contributed by atoms with Crippen molar-refractivity contribution < 1.29 is 36.6 Å². The van der Waals surface area contributed by atoms with E-state index in [0.717, 1.165) is 23.7 Å². The summed E-state index contributed by atoms with van der Waals surface area (Å²) in [6, 6.07) is 14.7. The molecule has 5 atom stereocenters. The van der Waals surface area contributed by atoms with Gasteiger partial charge in [0.25, 0.3) is 5.91 Å². The summed E-state index contributed by atoms with van der Waals surface area (Å²) in [5.41, 5.74) is -1.40. The quantitative estimate of drug-likeness (QED) is 0.196. The highest BCUT2D eigenvalue weighted by Crippen LogP contribution is 2.51. The Balaban J connectivity index is 1.30. The van der Waals surface area contributed by atoms with E-state index >= 15 is 0 Å².